The minimum atomic E-state index is -0.897. The lowest BCUT2D eigenvalue weighted by Crippen LogP contribution is -2.55. The van der Waals surface area contributed by atoms with Gasteiger partial charge in [0.25, 0.3) is 0 Å². The van der Waals surface area contributed by atoms with Crippen molar-refractivity contribution >= 4 is 17.9 Å². The second kappa shape index (κ2) is 5.94. The van der Waals surface area contributed by atoms with Gasteiger partial charge in [0.2, 0.25) is 5.91 Å². The van der Waals surface area contributed by atoms with E-state index in [1.54, 1.807) is 12.2 Å². The van der Waals surface area contributed by atoms with Crippen molar-refractivity contribution in [1.82, 2.24) is 10.2 Å². The van der Waals surface area contributed by atoms with Crippen molar-refractivity contribution in [2.24, 2.45) is 11.7 Å². The predicted molar refractivity (Wildman–Crippen MR) is 70.7 cm³/mol. The highest BCUT2D eigenvalue weighted by atomic mass is 16.4. The summed E-state index contributed by atoms with van der Waals surface area (Å²) in [6.07, 6.45) is 5.91. The van der Waals surface area contributed by atoms with Crippen LogP contribution in [0.1, 0.15) is 25.7 Å². The fraction of sp³-hybridized carbons (Fsp3) is 0.615. The summed E-state index contributed by atoms with van der Waals surface area (Å²) in [6.45, 7) is 0.498. The molecule has 0 bridgehead atoms. The van der Waals surface area contributed by atoms with Gasteiger partial charge in [-0.15, -0.1) is 0 Å². The first kappa shape index (κ1) is 14.4. The minimum Gasteiger partial charge on any atom is -0.481 e. The molecule has 3 amide bonds. The highest BCUT2D eigenvalue weighted by Crippen LogP contribution is 2.20. The molecule has 1 aliphatic heterocycles. The van der Waals surface area contributed by atoms with E-state index in [0.717, 1.165) is 12.8 Å². The van der Waals surface area contributed by atoms with Crippen LogP contribution in [0.2, 0.25) is 0 Å². The molecule has 3 unspecified atom stereocenters. The molecule has 0 aromatic heterocycles. The Morgan fingerprint density at radius 2 is 2.00 bits per heavy atom. The molecule has 0 saturated carbocycles. The molecule has 1 heterocycles. The van der Waals surface area contributed by atoms with Gasteiger partial charge in [-0.25, -0.2) is 4.79 Å². The Bertz CT molecular complexity index is 449. The summed E-state index contributed by atoms with van der Waals surface area (Å²) in [5.41, 5.74) is 5.31. The standard InChI is InChI=1S/C13H19N3O4/c14-11(17)10-3-1-2-6-16(10)13(20)15-9-5-4-8(7-9)12(18)19/h4-5,8-10H,1-3,6-7H2,(H2,14,17)(H,15,20)(H,18,19). The van der Waals surface area contributed by atoms with Gasteiger partial charge in [0.05, 0.1) is 12.0 Å². The number of carboxylic acid groups (broad SMARTS) is 1. The zero-order valence-corrected chi connectivity index (χ0v) is 11.1. The number of aliphatic carboxylic acids is 1. The highest BCUT2D eigenvalue weighted by Gasteiger charge is 2.32. The van der Waals surface area contributed by atoms with Crippen LogP contribution in [-0.4, -0.2) is 46.5 Å². The summed E-state index contributed by atoms with van der Waals surface area (Å²) in [5, 5.41) is 11.6. The average Bonchev–Trinajstić information content (AvgIpc) is 2.87. The molecule has 0 aromatic carbocycles. The van der Waals surface area contributed by atoms with Crippen molar-refractivity contribution in [1.29, 1.82) is 0 Å². The van der Waals surface area contributed by atoms with Crippen LogP contribution in [-0.2, 0) is 9.59 Å². The number of rotatable bonds is 3. The van der Waals surface area contributed by atoms with Gasteiger partial charge in [-0.1, -0.05) is 12.2 Å². The van der Waals surface area contributed by atoms with Crippen molar-refractivity contribution in [3.63, 3.8) is 0 Å². The van der Waals surface area contributed by atoms with Crippen molar-refractivity contribution in [2.75, 3.05) is 6.54 Å². The van der Waals surface area contributed by atoms with E-state index in [1.807, 2.05) is 0 Å². The number of nitrogens with one attached hydrogen (secondary N) is 1. The number of amides is 3. The molecule has 1 fully saturated rings. The Labute approximate surface area is 116 Å². The molecular weight excluding hydrogens is 262 g/mol. The number of hydrogen-bond acceptors (Lipinski definition) is 3. The lowest BCUT2D eigenvalue weighted by atomic mass is 10.0. The number of nitrogens with zero attached hydrogens (tertiary/aromatic N) is 1. The lowest BCUT2D eigenvalue weighted by Gasteiger charge is -2.34. The summed E-state index contributed by atoms with van der Waals surface area (Å²) >= 11 is 0. The second-order valence-corrected chi connectivity index (χ2v) is 5.23. The summed E-state index contributed by atoms with van der Waals surface area (Å²) in [5.74, 6) is -1.95. The van der Waals surface area contributed by atoms with E-state index < -0.39 is 23.8 Å². The van der Waals surface area contributed by atoms with Crippen LogP contribution in [0.4, 0.5) is 4.79 Å². The van der Waals surface area contributed by atoms with Crippen LogP contribution in [0.15, 0.2) is 12.2 Å². The van der Waals surface area contributed by atoms with Gasteiger partial charge in [-0.3, -0.25) is 9.59 Å². The van der Waals surface area contributed by atoms with Crippen LogP contribution in [0.3, 0.4) is 0 Å². The van der Waals surface area contributed by atoms with Gasteiger partial charge in [-0.05, 0) is 25.7 Å². The first-order chi connectivity index (χ1) is 9.49. The SMILES string of the molecule is NC(=O)C1CCCCN1C(=O)NC1C=CC(C(=O)O)C1. The van der Waals surface area contributed by atoms with Crippen LogP contribution >= 0.6 is 0 Å². The summed E-state index contributed by atoms with van der Waals surface area (Å²) < 4.78 is 0. The van der Waals surface area contributed by atoms with Crippen molar-refractivity contribution in [2.45, 2.75) is 37.8 Å². The second-order valence-electron chi connectivity index (χ2n) is 5.23. The molecule has 0 radical (unpaired) electrons. The number of nitrogens with two attached hydrogens (primary N) is 1. The lowest BCUT2D eigenvalue weighted by molar-refractivity contribution is -0.140. The Kier molecular flexibility index (Phi) is 4.26. The molecular formula is C13H19N3O4. The van der Waals surface area contributed by atoms with Crippen molar-refractivity contribution in [3.8, 4) is 0 Å². The Morgan fingerprint density at radius 3 is 2.60 bits per heavy atom. The van der Waals surface area contributed by atoms with Gasteiger partial charge < -0.3 is 21.1 Å². The van der Waals surface area contributed by atoms with Gasteiger partial charge in [0.15, 0.2) is 0 Å². The minimum absolute atomic E-state index is 0.306. The zero-order chi connectivity index (χ0) is 14.7. The Morgan fingerprint density at radius 1 is 1.25 bits per heavy atom. The third kappa shape index (κ3) is 3.09. The maximum absolute atomic E-state index is 12.2. The molecule has 7 nitrogen and oxygen atoms in total. The maximum atomic E-state index is 12.2. The average molecular weight is 281 g/mol. The monoisotopic (exact) mass is 281 g/mol. The topological polar surface area (TPSA) is 113 Å². The smallest absolute Gasteiger partial charge is 0.318 e. The number of piperidine rings is 1. The molecule has 7 heteroatoms. The normalized spacial score (nSPS) is 29.2. The fourth-order valence-electron chi connectivity index (χ4n) is 2.70. The number of likely N-dealkylation sites (tertiary alicyclic amines) is 1. The van der Waals surface area contributed by atoms with E-state index in [-0.39, 0.29) is 12.1 Å². The van der Waals surface area contributed by atoms with E-state index in [4.69, 9.17) is 10.8 Å². The molecule has 3 atom stereocenters. The van der Waals surface area contributed by atoms with E-state index in [0.29, 0.717) is 19.4 Å². The first-order valence-corrected chi connectivity index (χ1v) is 6.76. The van der Waals surface area contributed by atoms with Crippen LogP contribution < -0.4 is 11.1 Å². The van der Waals surface area contributed by atoms with E-state index in [9.17, 15) is 14.4 Å². The molecule has 4 N–H and O–H groups in total. The quantitative estimate of drug-likeness (QED) is 0.635. The summed E-state index contributed by atoms with van der Waals surface area (Å²) in [7, 11) is 0. The number of primary amides is 1. The summed E-state index contributed by atoms with van der Waals surface area (Å²) in [4.78, 5) is 35.8. The van der Waals surface area contributed by atoms with Gasteiger partial charge >= 0.3 is 12.0 Å². The molecule has 2 rings (SSSR count). The molecule has 1 aliphatic carbocycles. The van der Waals surface area contributed by atoms with Crippen molar-refractivity contribution < 1.29 is 19.5 Å². The number of carboxylic acids is 1. The maximum Gasteiger partial charge on any atom is 0.318 e. The molecule has 110 valence electrons. The van der Waals surface area contributed by atoms with Gasteiger partial charge in [0, 0.05) is 6.54 Å². The van der Waals surface area contributed by atoms with Gasteiger partial charge in [0.1, 0.15) is 6.04 Å². The van der Waals surface area contributed by atoms with Gasteiger partial charge in [-0.2, -0.15) is 0 Å². The molecule has 1 saturated heterocycles. The predicted octanol–water partition coefficient (Wildman–Crippen LogP) is 0.0651. The van der Waals surface area contributed by atoms with E-state index in [2.05, 4.69) is 5.32 Å². The highest BCUT2D eigenvalue weighted by molar-refractivity contribution is 5.86. The number of hydrogen-bond donors (Lipinski definition) is 3. The third-order valence-corrected chi connectivity index (χ3v) is 3.80. The van der Waals surface area contributed by atoms with E-state index in [1.165, 1.54) is 4.90 Å². The fourth-order valence-corrected chi connectivity index (χ4v) is 2.70. The van der Waals surface area contributed by atoms with Crippen LogP contribution in [0.25, 0.3) is 0 Å². The van der Waals surface area contributed by atoms with Crippen molar-refractivity contribution in [3.05, 3.63) is 12.2 Å². The van der Waals surface area contributed by atoms with Crippen LogP contribution in [0.5, 0.6) is 0 Å². The van der Waals surface area contributed by atoms with Crippen LogP contribution in [0, 0.1) is 5.92 Å². The Hall–Kier alpha value is -2.05. The van der Waals surface area contributed by atoms with E-state index >= 15 is 0 Å². The molecule has 20 heavy (non-hydrogen) atoms. The molecule has 2 aliphatic rings. The largest absolute Gasteiger partial charge is 0.481 e. The zero-order valence-electron chi connectivity index (χ0n) is 11.1. The number of carbonyl (C=O) groups excluding carboxylic acids is 2. The first-order valence-electron chi connectivity index (χ1n) is 6.76. The number of carbonyl (C=O) groups is 3. The number of urea groups is 1. The third-order valence-electron chi connectivity index (χ3n) is 3.80. The molecule has 0 spiro atoms. The summed E-state index contributed by atoms with van der Waals surface area (Å²) in [6, 6.07) is -1.22. The molecule has 0 aromatic rings. The Balaban J connectivity index is 1.93.